The number of hydrogen-bond donors (Lipinski definition) is 1. The lowest BCUT2D eigenvalue weighted by Gasteiger charge is -2.43. The van der Waals surface area contributed by atoms with Gasteiger partial charge in [-0.1, -0.05) is 12.1 Å². The van der Waals surface area contributed by atoms with E-state index < -0.39 is 5.54 Å². The maximum atomic E-state index is 13.5. The molecule has 5 rings (SSSR count). The third-order valence-electron chi connectivity index (χ3n) is 5.78. The van der Waals surface area contributed by atoms with Crippen molar-refractivity contribution in [2.45, 2.75) is 32.1 Å². The first-order chi connectivity index (χ1) is 15.0. The van der Waals surface area contributed by atoms with Gasteiger partial charge >= 0.3 is 0 Å². The van der Waals surface area contributed by atoms with Crippen LogP contribution in [0.3, 0.4) is 0 Å². The van der Waals surface area contributed by atoms with Gasteiger partial charge in [0.25, 0.3) is 5.91 Å². The Hall–Kier alpha value is -3.39. The summed E-state index contributed by atoms with van der Waals surface area (Å²) in [5.74, 6) is -0.219. The van der Waals surface area contributed by atoms with Crippen molar-refractivity contribution in [1.29, 1.82) is 0 Å². The van der Waals surface area contributed by atoms with E-state index in [9.17, 15) is 14.0 Å². The van der Waals surface area contributed by atoms with Crippen molar-refractivity contribution in [2.75, 3.05) is 0 Å². The van der Waals surface area contributed by atoms with Crippen molar-refractivity contribution >= 4 is 33.4 Å². The number of nitrogens with one attached hydrogen (secondary N) is 1. The van der Waals surface area contributed by atoms with Crippen molar-refractivity contribution in [2.24, 2.45) is 0 Å². The molecule has 0 aliphatic carbocycles. The minimum absolute atomic E-state index is 0.186. The Balaban J connectivity index is 1.49. The molecule has 0 radical (unpaired) electrons. The SMILES string of the molecule is C[C@@]1(C(=O)NCc2ccc(F)cc2)Cn2c(cc3ccsc32)C(=O)N1Cc1ccco1. The number of thiophene rings is 1. The zero-order valence-electron chi connectivity index (χ0n) is 16.8. The Morgan fingerprint density at radius 1 is 1.26 bits per heavy atom. The van der Waals surface area contributed by atoms with Crippen molar-refractivity contribution in [3.05, 3.63) is 83.0 Å². The van der Waals surface area contributed by atoms with Crippen LogP contribution in [0.15, 0.2) is 64.6 Å². The number of carbonyl (C=O) groups is 2. The van der Waals surface area contributed by atoms with E-state index >= 15 is 0 Å². The minimum atomic E-state index is -1.13. The first kappa shape index (κ1) is 19.6. The van der Waals surface area contributed by atoms with E-state index in [1.807, 2.05) is 22.1 Å². The number of rotatable bonds is 5. The smallest absolute Gasteiger partial charge is 0.271 e. The van der Waals surface area contributed by atoms with Crippen molar-refractivity contribution in [3.63, 3.8) is 0 Å². The molecule has 4 heterocycles. The van der Waals surface area contributed by atoms with Gasteiger partial charge in [-0.05, 0) is 54.3 Å². The molecule has 4 aromatic rings. The monoisotopic (exact) mass is 437 g/mol. The predicted molar refractivity (Wildman–Crippen MR) is 115 cm³/mol. The maximum absolute atomic E-state index is 13.5. The summed E-state index contributed by atoms with van der Waals surface area (Å²) >= 11 is 1.55. The van der Waals surface area contributed by atoms with Gasteiger partial charge in [0.05, 0.1) is 19.4 Å². The second kappa shape index (κ2) is 7.39. The summed E-state index contributed by atoms with van der Waals surface area (Å²) in [6.07, 6.45) is 1.55. The third-order valence-corrected chi connectivity index (χ3v) is 6.73. The van der Waals surface area contributed by atoms with Crippen LogP contribution in [0.25, 0.3) is 10.2 Å². The highest BCUT2D eigenvalue weighted by Crippen LogP contribution is 2.35. The normalized spacial score (nSPS) is 18.4. The zero-order chi connectivity index (χ0) is 21.6. The molecule has 1 aliphatic rings. The summed E-state index contributed by atoms with van der Waals surface area (Å²) in [5, 5.41) is 5.89. The average molecular weight is 437 g/mol. The Morgan fingerprint density at radius 3 is 2.81 bits per heavy atom. The Kier molecular flexibility index (Phi) is 4.66. The lowest BCUT2D eigenvalue weighted by molar-refractivity contribution is -0.133. The second-order valence-corrected chi connectivity index (χ2v) is 8.75. The second-order valence-electron chi connectivity index (χ2n) is 7.85. The standard InChI is InChI=1S/C23H20FN3O3S/c1-23(22(29)25-12-15-4-6-17(24)7-5-15)14-26-19(11-16-8-10-31-21(16)26)20(28)27(23)13-18-3-2-9-30-18/h2-11H,12-14H2,1H3,(H,25,29)/t23-/m0/s1. The molecule has 1 aliphatic heterocycles. The largest absolute Gasteiger partial charge is 0.467 e. The molecule has 0 spiro atoms. The molecule has 1 aromatic carbocycles. The molecule has 0 saturated carbocycles. The lowest BCUT2D eigenvalue weighted by atomic mass is 9.94. The number of amides is 2. The molecule has 1 atom stereocenters. The van der Waals surface area contributed by atoms with Gasteiger partial charge in [0.15, 0.2) is 0 Å². The van der Waals surface area contributed by atoms with Crippen LogP contribution in [0.2, 0.25) is 0 Å². The molecule has 0 saturated heterocycles. The fourth-order valence-corrected chi connectivity index (χ4v) is 4.94. The lowest BCUT2D eigenvalue weighted by Crippen LogP contribution is -2.63. The van der Waals surface area contributed by atoms with Crippen molar-refractivity contribution in [3.8, 4) is 0 Å². The Morgan fingerprint density at radius 2 is 2.06 bits per heavy atom. The first-order valence-electron chi connectivity index (χ1n) is 9.89. The Labute approximate surface area is 181 Å². The highest BCUT2D eigenvalue weighted by molar-refractivity contribution is 7.16. The van der Waals surface area contributed by atoms with E-state index in [2.05, 4.69) is 5.32 Å². The molecular weight excluding hydrogens is 417 g/mol. The van der Waals surface area contributed by atoms with Gasteiger partial charge in [-0.15, -0.1) is 11.3 Å². The van der Waals surface area contributed by atoms with Crippen LogP contribution in [-0.2, 0) is 24.4 Å². The molecular formula is C23H20FN3O3S. The van der Waals surface area contributed by atoms with Crippen LogP contribution in [0.4, 0.5) is 4.39 Å². The molecule has 158 valence electrons. The van der Waals surface area contributed by atoms with Gasteiger partial charge in [-0.25, -0.2) is 4.39 Å². The molecule has 0 unspecified atom stereocenters. The minimum Gasteiger partial charge on any atom is -0.467 e. The van der Waals surface area contributed by atoms with E-state index in [1.165, 1.54) is 12.1 Å². The molecule has 3 aromatic heterocycles. The van der Waals surface area contributed by atoms with E-state index in [0.717, 1.165) is 15.8 Å². The number of benzene rings is 1. The van der Waals surface area contributed by atoms with Crippen LogP contribution in [-0.4, -0.2) is 26.8 Å². The number of aromatic nitrogens is 1. The van der Waals surface area contributed by atoms with Crippen molar-refractivity contribution in [1.82, 2.24) is 14.8 Å². The fourth-order valence-electron chi connectivity index (χ4n) is 4.04. The summed E-state index contributed by atoms with van der Waals surface area (Å²) in [5.41, 5.74) is 0.213. The molecule has 2 amide bonds. The van der Waals surface area contributed by atoms with Gasteiger partial charge in [0.1, 0.15) is 27.6 Å². The molecule has 0 fully saturated rings. The highest BCUT2D eigenvalue weighted by atomic mass is 32.1. The summed E-state index contributed by atoms with van der Waals surface area (Å²) in [6, 6.07) is 13.4. The fraction of sp³-hybridized carbons (Fsp3) is 0.217. The molecule has 8 heteroatoms. The van der Waals surface area contributed by atoms with Gasteiger partial charge in [-0.2, -0.15) is 0 Å². The van der Waals surface area contributed by atoms with Crippen LogP contribution in [0, 0.1) is 5.82 Å². The first-order valence-corrected chi connectivity index (χ1v) is 10.8. The van der Waals surface area contributed by atoms with Crippen LogP contribution in [0.5, 0.6) is 0 Å². The van der Waals surface area contributed by atoms with Crippen LogP contribution >= 0.6 is 11.3 Å². The van der Waals surface area contributed by atoms with Crippen LogP contribution in [0.1, 0.15) is 28.7 Å². The van der Waals surface area contributed by atoms with E-state index in [1.54, 1.807) is 53.7 Å². The van der Waals surface area contributed by atoms with Gasteiger partial charge < -0.3 is 19.2 Å². The number of halogens is 1. The average Bonchev–Trinajstić information content (AvgIpc) is 3.49. The maximum Gasteiger partial charge on any atom is 0.271 e. The predicted octanol–water partition coefficient (Wildman–Crippen LogP) is 4.17. The zero-order valence-corrected chi connectivity index (χ0v) is 17.6. The summed E-state index contributed by atoms with van der Waals surface area (Å²) in [6.45, 7) is 2.53. The number of hydrogen-bond acceptors (Lipinski definition) is 4. The van der Waals surface area contributed by atoms with E-state index in [-0.39, 0.29) is 30.7 Å². The highest BCUT2D eigenvalue weighted by Gasteiger charge is 2.48. The molecule has 1 N–H and O–H groups in total. The van der Waals surface area contributed by atoms with E-state index in [4.69, 9.17) is 4.42 Å². The quantitative estimate of drug-likeness (QED) is 0.510. The summed E-state index contributed by atoms with van der Waals surface area (Å²) in [7, 11) is 0. The van der Waals surface area contributed by atoms with Gasteiger partial charge in [0, 0.05) is 11.9 Å². The third kappa shape index (κ3) is 3.33. The Bertz CT molecular complexity index is 1260. The van der Waals surface area contributed by atoms with Crippen LogP contribution < -0.4 is 5.32 Å². The number of fused-ring (bicyclic) bond motifs is 3. The topological polar surface area (TPSA) is 67.5 Å². The number of carbonyl (C=O) groups excluding carboxylic acids is 2. The number of furan rings is 1. The molecule has 31 heavy (non-hydrogen) atoms. The number of nitrogens with zero attached hydrogens (tertiary/aromatic N) is 2. The van der Waals surface area contributed by atoms with E-state index in [0.29, 0.717) is 18.0 Å². The summed E-state index contributed by atoms with van der Waals surface area (Å²) < 4.78 is 20.6. The molecule has 0 bridgehead atoms. The summed E-state index contributed by atoms with van der Waals surface area (Å²) in [4.78, 5) is 29.5. The van der Waals surface area contributed by atoms with Gasteiger partial charge in [0.2, 0.25) is 5.91 Å². The van der Waals surface area contributed by atoms with Gasteiger partial charge in [-0.3, -0.25) is 9.59 Å². The van der Waals surface area contributed by atoms with Crippen molar-refractivity contribution < 1.29 is 18.4 Å². The molecule has 6 nitrogen and oxygen atoms in total.